The van der Waals surface area contributed by atoms with Gasteiger partial charge < -0.3 is 4.74 Å². The van der Waals surface area contributed by atoms with Crippen LogP contribution in [0.25, 0.3) is 0 Å². The van der Waals surface area contributed by atoms with Crippen molar-refractivity contribution in [1.82, 2.24) is 14.6 Å². The van der Waals surface area contributed by atoms with E-state index in [9.17, 15) is 13.2 Å². The zero-order valence-electron chi connectivity index (χ0n) is 13.7. The summed E-state index contributed by atoms with van der Waals surface area (Å²) < 4.78 is 30.6. The van der Waals surface area contributed by atoms with Crippen molar-refractivity contribution in [3.63, 3.8) is 0 Å². The van der Waals surface area contributed by atoms with Crippen molar-refractivity contribution in [3.8, 4) is 0 Å². The van der Waals surface area contributed by atoms with Gasteiger partial charge in [0, 0.05) is 18.1 Å². The molecule has 0 aromatic carbocycles. The van der Waals surface area contributed by atoms with E-state index in [1.807, 2.05) is 6.92 Å². The Morgan fingerprint density at radius 2 is 2.13 bits per heavy atom. The molecule has 0 fully saturated rings. The van der Waals surface area contributed by atoms with Crippen molar-refractivity contribution in [3.05, 3.63) is 16.1 Å². The van der Waals surface area contributed by atoms with Gasteiger partial charge >= 0.3 is 6.09 Å². The lowest BCUT2D eigenvalue weighted by atomic mass is 10.2. The number of hydrogen-bond donors (Lipinski definition) is 1. The van der Waals surface area contributed by atoms with Gasteiger partial charge in [0.2, 0.25) is 16.0 Å². The fourth-order valence-electron chi connectivity index (χ4n) is 1.87. The first kappa shape index (κ1) is 17.7. The molecule has 0 aliphatic carbocycles. The zero-order chi connectivity index (χ0) is 17.4. The van der Waals surface area contributed by atoms with Gasteiger partial charge in [-0.15, -0.1) is 11.3 Å². The minimum Gasteiger partial charge on any atom is -0.444 e. The number of hydrogen-bond acceptors (Lipinski definition) is 7. The third kappa shape index (κ3) is 4.41. The molecule has 1 aliphatic heterocycles. The third-order valence-electron chi connectivity index (χ3n) is 2.90. The molecule has 1 amide bonds. The first-order valence-electron chi connectivity index (χ1n) is 6.95. The number of guanidine groups is 1. The average molecular weight is 360 g/mol. The largest absolute Gasteiger partial charge is 0.444 e. The SMILES string of the molecule is Cc1cnc(C2CS(=O)(=O)N(C)C(NC(=O)OC(C)(C)C)=N2)s1. The van der Waals surface area contributed by atoms with E-state index in [4.69, 9.17) is 4.74 Å². The molecule has 128 valence electrons. The van der Waals surface area contributed by atoms with Crippen LogP contribution >= 0.6 is 11.3 Å². The second kappa shape index (κ2) is 6.08. The van der Waals surface area contributed by atoms with E-state index >= 15 is 0 Å². The number of aryl methyl sites for hydroxylation is 1. The van der Waals surface area contributed by atoms with Gasteiger partial charge in [0.15, 0.2) is 0 Å². The van der Waals surface area contributed by atoms with Gasteiger partial charge in [-0.1, -0.05) is 0 Å². The smallest absolute Gasteiger partial charge is 0.414 e. The lowest BCUT2D eigenvalue weighted by Gasteiger charge is -2.29. The molecule has 2 heterocycles. The Morgan fingerprint density at radius 1 is 1.48 bits per heavy atom. The Kier molecular flexibility index (Phi) is 4.67. The molecule has 1 N–H and O–H groups in total. The molecular weight excluding hydrogens is 340 g/mol. The van der Waals surface area contributed by atoms with E-state index in [-0.39, 0.29) is 11.7 Å². The molecule has 1 atom stereocenters. The summed E-state index contributed by atoms with van der Waals surface area (Å²) in [4.78, 5) is 21.3. The number of carbonyl (C=O) groups is 1. The molecule has 1 unspecified atom stereocenters. The zero-order valence-corrected chi connectivity index (χ0v) is 15.3. The molecule has 1 aromatic rings. The Morgan fingerprint density at radius 3 is 2.65 bits per heavy atom. The fraction of sp³-hybridized carbons (Fsp3) is 0.615. The van der Waals surface area contributed by atoms with E-state index in [0.29, 0.717) is 5.01 Å². The van der Waals surface area contributed by atoms with E-state index in [1.165, 1.54) is 18.4 Å². The van der Waals surface area contributed by atoms with Crippen LogP contribution in [0, 0.1) is 6.92 Å². The van der Waals surface area contributed by atoms with E-state index in [2.05, 4.69) is 15.3 Å². The number of rotatable bonds is 1. The monoisotopic (exact) mass is 360 g/mol. The summed E-state index contributed by atoms with van der Waals surface area (Å²) in [6, 6.07) is -0.639. The van der Waals surface area contributed by atoms with Crippen molar-refractivity contribution in [2.24, 2.45) is 4.99 Å². The van der Waals surface area contributed by atoms with Gasteiger partial charge in [-0.2, -0.15) is 0 Å². The molecule has 0 radical (unpaired) electrons. The molecule has 1 aliphatic rings. The number of sulfonamides is 1. The Balaban J connectivity index is 2.27. The Hall–Kier alpha value is -1.68. The van der Waals surface area contributed by atoms with Crippen LogP contribution in [0.15, 0.2) is 11.2 Å². The number of thiazole rings is 1. The highest BCUT2D eigenvalue weighted by atomic mass is 32.2. The molecule has 1 aromatic heterocycles. The van der Waals surface area contributed by atoms with E-state index < -0.39 is 27.8 Å². The first-order valence-corrected chi connectivity index (χ1v) is 9.37. The molecule has 0 saturated heterocycles. The average Bonchev–Trinajstić information content (AvgIpc) is 2.79. The van der Waals surface area contributed by atoms with Crippen molar-refractivity contribution in [2.75, 3.05) is 12.8 Å². The summed E-state index contributed by atoms with van der Waals surface area (Å²) in [6.45, 7) is 7.04. The second-order valence-corrected chi connectivity index (χ2v) is 9.46. The van der Waals surface area contributed by atoms with Crippen LogP contribution in [-0.2, 0) is 14.8 Å². The molecular formula is C13H20N4O4S2. The number of ether oxygens (including phenoxy) is 1. The predicted molar refractivity (Wildman–Crippen MR) is 87.9 cm³/mol. The van der Waals surface area contributed by atoms with Crippen LogP contribution in [0.3, 0.4) is 0 Å². The van der Waals surface area contributed by atoms with Gasteiger partial charge in [0.25, 0.3) is 0 Å². The quantitative estimate of drug-likeness (QED) is 0.820. The summed E-state index contributed by atoms with van der Waals surface area (Å²) >= 11 is 1.38. The molecule has 23 heavy (non-hydrogen) atoms. The highest BCUT2D eigenvalue weighted by Gasteiger charge is 2.35. The van der Waals surface area contributed by atoms with Crippen molar-refractivity contribution in [2.45, 2.75) is 39.3 Å². The van der Waals surface area contributed by atoms with Crippen LogP contribution < -0.4 is 5.32 Å². The van der Waals surface area contributed by atoms with Crippen molar-refractivity contribution in [1.29, 1.82) is 0 Å². The molecule has 0 spiro atoms. The van der Waals surface area contributed by atoms with Crippen LogP contribution in [-0.4, -0.2) is 48.2 Å². The maximum absolute atomic E-state index is 12.3. The maximum atomic E-state index is 12.3. The normalized spacial score (nSPS) is 20.8. The highest BCUT2D eigenvalue weighted by molar-refractivity contribution is 7.89. The van der Waals surface area contributed by atoms with Crippen LogP contribution in [0.4, 0.5) is 4.79 Å². The minimum atomic E-state index is -3.59. The van der Waals surface area contributed by atoms with E-state index in [0.717, 1.165) is 9.18 Å². The number of carbonyl (C=O) groups excluding carboxylic acids is 1. The number of aromatic nitrogens is 1. The minimum absolute atomic E-state index is 0.0663. The van der Waals surface area contributed by atoms with E-state index in [1.54, 1.807) is 27.0 Å². The number of nitrogens with zero attached hydrogens (tertiary/aromatic N) is 3. The maximum Gasteiger partial charge on any atom is 0.414 e. The first-order chi connectivity index (χ1) is 10.5. The Labute approximate surface area is 139 Å². The molecule has 0 saturated carbocycles. The number of nitrogens with one attached hydrogen (secondary N) is 1. The third-order valence-corrected chi connectivity index (χ3v) is 5.66. The van der Waals surface area contributed by atoms with Crippen LogP contribution in [0.2, 0.25) is 0 Å². The van der Waals surface area contributed by atoms with Gasteiger partial charge in [0.05, 0.1) is 5.75 Å². The second-order valence-electron chi connectivity index (χ2n) is 6.15. The summed E-state index contributed by atoms with van der Waals surface area (Å²) in [5.74, 6) is -0.251. The number of alkyl carbamates (subject to hydrolysis) is 1. The van der Waals surface area contributed by atoms with Crippen molar-refractivity contribution < 1.29 is 17.9 Å². The molecule has 2 rings (SSSR count). The van der Waals surface area contributed by atoms with Crippen molar-refractivity contribution >= 4 is 33.4 Å². The van der Waals surface area contributed by atoms with Gasteiger partial charge in [-0.05, 0) is 27.7 Å². The topological polar surface area (TPSA) is 101 Å². The fourth-order valence-corrected chi connectivity index (χ4v) is 4.00. The lowest BCUT2D eigenvalue weighted by molar-refractivity contribution is 0.0559. The predicted octanol–water partition coefficient (Wildman–Crippen LogP) is 1.65. The molecule has 0 bridgehead atoms. The number of amides is 1. The summed E-state index contributed by atoms with van der Waals surface area (Å²) in [7, 11) is -2.25. The standard InChI is InChI=1S/C13H20N4O4S2/c1-8-6-14-10(22-8)9-7-23(19,20)17(5)11(15-9)16-12(18)21-13(2,3)4/h6,9H,7H2,1-5H3,(H,15,16,18). The van der Waals surface area contributed by atoms with Crippen LogP contribution in [0.5, 0.6) is 0 Å². The summed E-state index contributed by atoms with van der Waals surface area (Å²) in [5, 5.41) is 3.00. The molecule has 8 nitrogen and oxygen atoms in total. The van der Waals surface area contributed by atoms with Gasteiger partial charge in [-0.3, -0.25) is 5.32 Å². The molecule has 10 heteroatoms. The van der Waals surface area contributed by atoms with Crippen LogP contribution in [0.1, 0.15) is 36.7 Å². The summed E-state index contributed by atoms with van der Waals surface area (Å²) in [5.41, 5.74) is -0.692. The summed E-state index contributed by atoms with van der Waals surface area (Å²) in [6.07, 6.45) is 0.913. The van der Waals surface area contributed by atoms with Gasteiger partial charge in [-0.25, -0.2) is 27.5 Å². The number of aliphatic imine (C=N–C) groups is 1. The Bertz CT molecular complexity index is 733. The lowest BCUT2D eigenvalue weighted by Crippen LogP contribution is -2.50. The van der Waals surface area contributed by atoms with Gasteiger partial charge in [0.1, 0.15) is 16.7 Å². The highest BCUT2D eigenvalue weighted by Crippen LogP contribution is 2.28.